The average Bonchev–Trinajstić information content (AvgIpc) is 2.71. The van der Waals surface area contributed by atoms with Crippen molar-refractivity contribution >= 4 is 23.5 Å². The maximum atomic E-state index is 12.0. The largest absolute Gasteiger partial charge is 0.494 e. The Bertz CT molecular complexity index is 829. The molecule has 0 aliphatic heterocycles. The smallest absolute Gasteiger partial charge is 0.325 e. The normalized spacial score (nSPS) is 10.3. The van der Waals surface area contributed by atoms with Crippen molar-refractivity contribution in [2.24, 2.45) is 0 Å². The highest BCUT2D eigenvalue weighted by atomic mass is 16.5. The van der Waals surface area contributed by atoms with Crippen LogP contribution in [-0.4, -0.2) is 37.5 Å². The van der Waals surface area contributed by atoms with Gasteiger partial charge in [0.05, 0.1) is 6.61 Å². The second-order valence-corrected chi connectivity index (χ2v) is 6.63. The summed E-state index contributed by atoms with van der Waals surface area (Å²) in [6.45, 7) is 5.82. The van der Waals surface area contributed by atoms with Gasteiger partial charge in [-0.25, -0.2) is 0 Å². The highest BCUT2D eigenvalue weighted by Crippen LogP contribution is 2.17. The lowest BCUT2D eigenvalue weighted by Crippen LogP contribution is -2.32. The number of anilines is 1. The summed E-state index contributed by atoms with van der Waals surface area (Å²) in [5.41, 5.74) is 2.18. The third kappa shape index (κ3) is 7.29. The molecule has 2 N–H and O–H groups in total. The molecule has 0 unspecified atom stereocenters. The Morgan fingerprint density at radius 1 is 0.966 bits per heavy atom. The van der Waals surface area contributed by atoms with Crippen LogP contribution in [0.4, 0.5) is 5.69 Å². The summed E-state index contributed by atoms with van der Waals surface area (Å²) in [7, 11) is 0. The second-order valence-electron chi connectivity index (χ2n) is 6.63. The first-order valence-electron chi connectivity index (χ1n) is 9.45. The Morgan fingerprint density at radius 3 is 2.21 bits per heavy atom. The number of carbonyl (C=O) groups excluding carboxylic acids is 3. The Morgan fingerprint density at radius 2 is 1.62 bits per heavy atom. The van der Waals surface area contributed by atoms with Crippen LogP contribution in [0.15, 0.2) is 48.5 Å². The lowest BCUT2D eigenvalue weighted by Gasteiger charge is -2.09. The molecule has 0 spiro atoms. The standard InChI is InChI=1S/C22H26N2O5/c1-4-28-19-11-7-17(8-12-19)22(27)23-13-21(26)29-14-20(25)24-18-9-5-16(6-10-18)15(2)3/h5-12,15H,4,13-14H2,1-3H3,(H,23,27)(H,24,25). The number of hydrogen-bond donors (Lipinski definition) is 2. The van der Waals surface area contributed by atoms with Crippen LogP contribution in [-0.2, 0) is 14.3 Å². The summed E-state index contributed by atoms with van der Waals surface area (Å²) in [6, 6.07) is 14.0. The van der Waals surface area contributed by atoms with Gasteiger partial charge in [-0.3, -0.25) is 14.4 Å². The van der Waals surface area contributed by atoms with E-state index in [0.717, 1.165) is 5.56 Å². The molecule has 2 aromatic rings. The molecule has 0 radical (unpaired) electrons. The predicted octanol–water partition coefficient (Wildman–Crippen LogP) is 3.12. The highest BCUT2D eigenvalue weighted by molar-refractivity contribution is 5.96. The van der Waals surface area contributed by atoms with Crippen molar-refractivity contribution in [3.63, 3.8) is 0 Å². The predicted molar refractivity (Wildman–Crippen MR) is 110 cm³/mol. The molecule has 0 heterocycles. The van der Waals surface area contributed by atoms with Gasteiger partial charge in [0.1, 0.15) is 12.3 Å². The van der Waals surface area contributed by atoms with Gasteiger partial charge in [0.2, 0.25) is 0 Å². The van der Waals surface area contributed by atoms with Crippen LogP contribution in [0.3, 0.4) is 0 Å². The number of benzene rings is 2. The number of ether oxygens (including phenoxy) is 2. The van der Waals surface area contributed by atoms with Gasteiger partial charge in [-0.2, -0.15) is 0 Å². The van der Waals surface area contributed by atoms with Gasteiger partial charge in [0.15, 0.2) is 6.61 Å². The molecule has 0 fully saturated rings. The van der Waals surface area contributed by atoms with Gasteiger partial charge in [0.25, 0.3) is 11.8 Å². The third-order valence-corrected chi connectivity index (χ3v) is 4.05. The molecule has 0 aliphatic carbocycles. The SMILES string of the molecule is CCOc1ccc(C(=O)NCC(=O)OCC(=O)Nc2ccc(C(C)C)cc2)cc1. The van der Waals surface area contributed by atoms with E-state index in [1.165, 1.54) is 0 Å². The van der Waals surface area contributed by atoms with Crippen molar-refractivity contribution in [2.75, 3.05) is 25.1 Å². The molecule has 7 heteroatoms. The van der Waals surface area contributed by atoms with E-state index in [-0.39, 0.29) is 6.54 Å². The molecule has 2 rings (SSSR count). The van der Waals surface area contributed by atoms with E-state index in [2.05, 4.69) is 24.5 Å². The van der Waals surface area contributed by atoms with Crippen molar-refractivity contribution < 1.29 is 23.9 Å². The van der Waals surface area contributed by atoms with Crippen LogP contribution in [0, 0.1) is 0 Å². The third-order valence-electron chi connectivity index (χ3n) is 4.05. The number of rotatable bonds is 9. The van der Waals surface area contributed by atoms with Gasteiger partial charge < -0.3 is 20.1 Å². The Hall–Kier alpha value is -3.35. The van der Waals surface area contributed by atoms with Crippen LogP contribution in [0.2, 0.25) is 0 Å². The van der Waals surface area contributed by atoms with Crippen LogP contribution in [0.1, 0.15) is 42.6 Å². The van der Waals surface area contributed by atoms with Crippen molar-refractivity contribution in [1.82, 2.24) is 5.32 Å². The van der Waals surface area contributed by atoms with E-state index in [0.29, 0.717) is 29.5 Å². The topological polar surface area (TPSA) is 93.7 Å². The quantitative estimate of drug-likeness (QED) is 0.633. The number of hydrogen-bond acceptors (Lipinski definition) is 5. The van der Waals surface area contributed by atoms with Crippen LogP contribution >= 0.6 is 0 Å². The molecule has 2 aromatic carbocycles. The molecule has 0 bridgehead atoms. The fourth-order valence-corrected chi connectivity index (χ4v) is 2.47. The van der Waals surface area contributed by atoms with Gasteiger partial charge in [-0.1, -0.05) is 26.0 Å². The average molecular weight is 398 g/mol. The van der Waals surface area contributed by atoms with E-state index in [9.17, 15) is 14.4 Å². The first-order valence-corrected chi connectivity index (χ1v) is 9.45. The zero-order chi connectivity index (χ0) is 21.2. The zero-order valence-corrected chi connectivity index (χ0v) is 16.9. The van der Waals surface area contributed by atoms with E-state index < -0.39 is 24.4 Å². The Balaban J connectivity index is 1.71. The van der Waals surface area contributed by atoms with Crippen molar-refractivity contribution in [1.29, 1.82) is 0 Å². The van der Waals surface area contributed by atoms with Crippen molar-refractivity contribution in [3.05, 3.63) is 59.7 Å². The molecule has 0 aromatic heterocycles. The number of carbonyl (C=O) groups is 3. The minimum atomic E-state index is -0.699. The number of esters is 1. The lowest BCUT2D eigenvalue weighted by atomic mass is 10.0. The molecule has 29 heavy (non-hydrogen) atoms. The highest BCUT2D eigenvalue weighted by Gasteiger charge is 2.11. The van der Waals surface area contributed by atoms with Crippen LogP contribution < -0.4 is 15.4 Å². The van der Waals surface area contributed by atoms with Gasteiger partial charge in [-0.15, -0.1) is 0 Å². The van der Waals surface area contributed by atoms with Gasteiger partial charge >= 0.3 is 5.97 Å². The second kappa shape index (κ2) is 10.8. The molecular weight excluding hydrogens is 372 g/mol. The summed E-state index contributed by atoms with van der Waals surface area (Å²) < 4.78 is 10.2. The van der Waals surface area contributed by atoms with Crippen molar-refractivity contribution in [2.45, 2.75) is 26.7 Å². The molecule has 2 amide bonds. The Labute approximate surface area is 170 Å². The molecule has 0 aliphatic rings. The van der Waals surface area contributed by atoms with E-state index in [1.807, 2.05) is 19.1 Å². The minimum Gasteiger partial charge on any atom is -0.494 e. The van der Waals surface area contributed by atoms with Crippen LogP contribution in [0.5, 0.6) is 5.75 Å². The molecule has 0 atom stereocenters. The number of amides is 2. The summed E-state index contributed by atoms with van der Waals surface area (Å²) in [4.78, 5) is 35.7. The molecule has 7 nitrogen and oxygen atoms in total. The van der Waals surface area contributed by atoms with Gasteiger partial charge in [0, 0.05) is 11.3 Å². The number of nitrogens with one attached hydrogen (secondary N) is 2. The fraction of sp³-hybridized carbons (Fsp3) is 0.318. The monoisotopic (exact) mass is 398 g/mol. The molecule has 0 saturated heterocycles. The molecule has 0 saturated carbocycles. The zero-order valence-electron chi connectivity index (χ0n) is 16.9. The van der Waals surface area contributed by atoms with E-state index >= 15 is 0 Å². The summed E-state index contributed by atoms with van der Waals surface area (Å²) in [5.74, 6) is -0.505. The van der Waals surface area contributed by atoms with Crippen LogP contribution in [0.25, 0.3) is 0 Å². The first-order chi connectivity index (χ1) is 13.9. The first kappa shape index (κ1) is 21.9. The lowest BCUT2D eigenvalue weighted by molar-refractivity contribution is -0.146. The molecule has 154 valence electrons. The van der Waals surface area contributed by atoms with E-state index in [1.54, 1.807) is 36.4 Å². The maximum absolute atomic E-state index is 12.0. The van der Waals surface area contributed by atoms with Gasteiger partial charge in [-0.05, 0) is 54.8 Å². The summed E-state index contributed by atoms with van der Waals surface area (Å²) in [5, 5.41) is 5.11. The summed E-state index contributed by atoms with van der Waals surface area (Å²) in [6.07, 6.45) is 0. The fourth-order valence-electron chi connectivity index (χ4n) is 2.47. The summed E-state index contributed by atoms with van der Waals surface area (Å²) >= 11 is 0. The molecular formula is C22H26N2O5. The van der Waals surface area contributed by atoms with Crippen molar-refractivity contribution in [3.8, 4) is 5.75 Å². The minimum absolute atomic E-state index is 0.331. The Kier molecular flexibility index (Phi) is 8.21. The maximum Gasteiger partial charge on any atom is 0.325 e. The van der Waals surface area contributed by atoms with E-state index in [4.69, 9.17) is 9.47 Å².